The van der Waals surface area contributed by atoms with Crippen molar-refractivity contribution in [2.75, 3.05) is 0 Å². The Hall–Kier alpha value is -5.19. The van der Waals surface area contributed by atoms with Crippen LogP contribution >= 0.6 is 0 Å². The molecule has 8 aromatic rings. The number of fused-ring (bicyclic) bond motifs is 5. The Bertz CT molecular complexity index is 2170. The van der Waals surface area contributed by atoms with Crippen molar-refractivity contribution in [1.29, 1.82) is 0 Å². The van der Waals surface area contributed by atoms with Crippen LogP contribution in [0.2, 0.25) is 0 Å². The summed E-state index contributed by atoms with van der Waals surface area (Å²) >= 11 is 0. The van der Waals surface area contributed by atoms with Crippen LogP contribution in [0.1, 0.15) is 5.56 Å². The zero-order valence-electron chi connectivity index (χ0n) is 23.4. The van der Waals surface area contributed by atoms with Crippen molar-refractivity contribution in [3.8, 4) is 5.69 Å². The van der Waals surface area contributed by atoms with Gasteiger partial charge in [0, 0.05) is 5.69 Å². The van der Waals surface area contributed by atoms with Gasteiger partial charge in [0.25, 0.3) is 0 Å². The quantitative estimate of drug-likeness (QED) is 0.185. The van der Waals surface area contributed by atoms with E-state index in [0.29, 0.717) is 0 Å². The summed E-state index contributed by atoms with van der Waals surface area (Å²) in [5.74, 6) is 0.928. The fourth-order valence-corrected chi connectivity index (χ4v) is 11.6. The van der Waals surface area contributed by atoms with E-state index in [9.17, 15) is 0 Å². The summed E-state index contributed by atoms with van der Waals surface area (Å²) < 4.78 is 4.61. The molecule has 8 rings (SSSR count). The first-order valence-corrected chi connectivity index (χ1v) is 16.4. The smallest absolute Gasteiger partial charge is 0.220 e. The second-order valence-electron chi connectivity index (χ2n) is 11.0. The van der Waals surface area contributed by atoms with Gasteiger partial charge in [-0.1, -0.05) is 127 Å². The molecule has 0 bridgehead atoms. The molecule has 0 aliphatic carbocycles. The highest BCUT2D eigenvalue weighted by Crippen LogP contribution is 2.29. The predicted molar refractivity (Wildman–Crippen MR) is 178 cm³/mol. The van der Waals surface area contributed by atoms with Crippen molar-refractivity contribution in [3.63, 3.8) is 0 Å². The van der Waals surface area contributed by atoms with Crippen molar-refractivity contribution < 1.29 is 0 Å². The number of imidazole rings is 2. The Morgan fingerprint density at radius 3 is 1.71 bits per heavy atom. The van der Waals surface area contributed by atoms with Gasteiger partial charge in [-0.05, 0) is 64.1 Å². The number of rotatable bonds is 5. The molecule has 0 N–H and O–H groups in total. The summed E-state index contributed by atoms with van der Waals surface area (Å²) in [6.07, 6.45) is 0. The van der Waals surface area contributed by atoms with Crippen LogP contribution in [0.5, 0.6) is 0 Å². The summed E-state index contributed by atoms with van der Waals surface area (Å²) in [6.45, 7) is 2.20. The fraction of sp³-hybridized carbons (Fsp3) is 0.0263. The molecule has 0 aliphatic heterocycles. The Kier molecular flexibility index (Phi) is 5.69. The molecular weight excluding hydrogens is 527 g/mol. The third kappa shape index (κ3) is 3.62. The molecule has 200 valence electrons. The molecule has 2 heterocycles. The van der Waals surface area contributed by atoms with Crippen LogP contribution in [-0.2, 0) is 0 Å². The maximum absolute atomic E-state index is 5.14. The molecule has 42 heavy (non-hydrogen) atoms. The summed E-state index contributed by atoms with van der Waals surface area (Å²) in [6, 6.07) is 57.6. The standard InChI is InChI=1S/C38H29N3Si/c1-28-14-12-20-32(26-28)42(30-16-4-2-5-17-30,31-18-6-3-7-19-31)33-21-13-15-29(27-33)40-36-24-10-11-25-37(36)41-35-23-9-8-22-34(35)39-38(40)41/h2-27H,1H3. The molecule has 0 atom stereocenters. The second-order valence-corrected chi connectivity index (χ2v) is 14.8. The van der Waals surface area contributed by atoms with Crippen LogP contribution in [0.3, 0.4) is 0 Å². The molecule has 4 heteroatoms. The second kappa shape index (κ2) is 9.72. The molecule has 0 fully saturated rings. The Labute approximate surface area is 246 Å². The van der Waals surface area contributed by atoms with Crippen LogP contribution in [0, 0.1) is 6.92 Å². The first-order chi connectivity index (χ1) is 20.7. The molecule has 0 radical (unpaired) electrons. The minimum atomic E-state index is -2.68. The third-order valence-electron chi connectivity index (χ3n) is 8.51. The number of aromatic nitrogens is 3. The molecule has 0 aliphatic rings. The molecule has 0 amide bonds. The largest absolute Gasteiger partial charge is 0.278 e. The van der Waals surface area contributed by atoms with Crippen LogP contribution in [0.4, 0.5) is 0 Å². The van der Waals surface area contributed by atoms with Gasteiger partial charge < -0.3 is 0 Å². The summed E-state index contributed by atoms with van der Waals surface area (Å²) in [5.41, 5.74) is 6.81. The van der Waals surface area contributed by atoms with Gasteiger partial charge in [0.15, 0.2) is 8.07 Å². The van der Waals surface area contributed by atoms with Gasteiger partial charge in [-0.25, -0.2) is 4.98 Å². The number of nitrogens with zero attached hydrogens (tertiary/aromatic N) is 3. The Morgan fingerprint density at radius 1 is 0.476 bits per heavy atom. The normalized spacial score (nSPS) is 11.9. The van der Waals surface area contributed by atoms with Crippen LogP contribution in [0.25, 0.3) is 33.5 Å². The van der Waals surface area contributed by atoms with Crippen LogP contribution < -0.4 is 20.7 Å². The molecule has 2 aromatic heterocycles. The van der Waals surface area contributed by atoms with Gasteiger partial charge in [-0.15, -0.1) is 0 Å². The molecule has 0 saturated carbocycles. The minimum Gasteiger partial charge on any atom is -0.278 e. The molecule has 6 aromatic carbocycles. The maximum atomic E-state index is 5.14. The topological polar surface area (TPSA) is 22.2 Å². The van der Waals surface area contributed by atoms with Gasteiger partial charge in [-0.3, -0.25) is 8.97 Å². The average molecular weight is 556 g/mol. The SMILES string of the molecule is Cc1cccc([Si](c2ccccc2)(c2ccccc2)c2cccc(-n3c4ccccc4n4c5ccccc5nc34)c2)c1. The van der Waals surface area contributed by atoms with E-state index in [4.69, 9.17) is 4.98 Å². The van der Waals surface area contributed by atoms with E-state index in [2.05, 4.69) is 174 Å². The summed E-state index contributed by atoms with van der Waals surface area (Å²) in [5, 5.41) is 5.46. The predicted octanol–water partition coefficient (Wildman–Crippen LogP) is 6.12. The van der Waals surface area contributed by atoms with E-state index in [1.165, 1.54) is 26.3 Å². The van der Waals surface area contributed by atoms with E-state index in [-0.39, 0.29) is 0 Å². The number of para-hydroxylation sites is 4. The Balaban J connectivity index is 1.48. The van der Waals surface area contributed by atoms with E-state index in [1.807, 2.05) is 0 Å². The average Bonchev–Trinajstić information content (AvgIpc) is 3.57. The minimum absolute atomic E-state index is 0.928. The zero-order valence-corrected chi connectivity index (χ0v) is 24.4. The van der Waals surface area contributed by atoms with Gasteiger partial charge in [0.2, 0.25) is 5.78 Å². The number of hydrogen-bond acceptors (Lipinski definition) is 1. The number of benzene rings is 6. The lowest BCUT2D eigenvalue weighted by Crippen LogP contribution is -2.74. The highest BCUT2D eigenvalue weighted by atomic mass is 28.3. The third-order valence-corrected chi connectivity index (χ3v) is 13.3. The zero-order chi connectivity index (χ0) is 28.1. The lowest BCUT2D eigenvalue weighted by atomic mass is 10.2. The van der Waals surface area contributed by atoms with Gasteiger partial charge in [0.1, 0.15) is 0 Å². The van der Waals surface area contributed by atoms with Gasteiger partial charge in [-0.2, -0.15) is 0 Å². The van der Waals surface area contributed by atoms with Crippen molar-refractivity contribution in [1.82, 2.24) is 14.0 Å². The molecule has 0 unspecified atom stereocenters. The molecular formula is C38H29N3Si. The molecule has 0 saturated heterocycles. The fourth-order valence-electron chi connectivity index (χ4n) is 6.74. The van der Waals surface area contributed by atoms with E-state index < -0.39 is 8.07 Å². The van der Waals surface area contributed by atoms with Crippen LogP contribution in [0.15, 0.2) is 158 Å². The summed E-state index contributed by atoms with van der Waals surface area (Å²) in [7, 11) is -2.68. The lowest BCUT2D eigenvalue weighted by molar-refractivity contribution is 1.11. The van der Waals surface area contributed by atoms with Gasteiger partial charge in [0.05, 0.1) is 22.1 Å². The number of aryl methyl sites for hydroxylation is 1. The lowest BCUT2D eigenvalue weighted by Gasteiger charge is -2.35. The monoisotopic (exact) mass is 555 g/mol. The molecule has 3 nitrogen and oxygen atoms in total. The first-order valence-electron chi connectivity index (χ1n) is 14.4. The van der Waals surface area contributed by atoms with Crippen molar-refractivity contribution in [2.24, 2.45) is 0 Å². The highest BCUT2D eigenvalue weighted by Gasteiger charge is 2.41. The van der Waals surface area contributed by atoms with Crippen molar-refractivity contribution in [3.05, 3.63) is 163 Å². The van der Waals surface area contributed by atoms with Gasteiger partial charge >= 0.3 is 0 Å². The van der Waals surface area contributed by atoms with Crippen molar-refractivity contribution >= 4 is 56.7 Å². The Morgan fingerprint density at radius 2 is 1.02 bits per heavy atom. The summed E-state index contributed by atoms with van der Waals surface area (Å²) in [4.78, 5) is 5.14. The van der Waals surface area contributed by atoms with E-state index >= 15 is 0 Å². The van der Waals surface area contributed by atoms with E-state index in [0.717, 1.165) is 33.5 Å². The van der Waals surface area contributed by atoms with E-state index in [1.54, 1.807) is 0 Å². The maximum Gasteiger partial charge on any atom is 0.220 e. The highest BCUT2D eigenvalue weighted by molar-refractivity contribution is 7.19. The van der Waals surface area contributed by atoms with Crippen molar-refractivity contribution in [2.45, 2.75) is 6.92 Å². The van der Waals surface area contributed by atoms with Crippen LogP contribution in [-0.4, -0.2) is 22.0 Å². The molecule has 0 spiro atoms. The number of hydrogen-bond donors (Lipinski definition) is 0. The first kappa shape index (κ1) is 24.6.